The first-order valence-electron chi connectivity index (χ1n) is 8.28. The van der Waals surface area contributed by atoms with Gasteiger partial charge in [0.05, 0.1) is 0 Å². The number of rotatable bonds is 6. The van der Waals surface area contributed by atoms with Gasteiger partial charge in [-0.25, -0.2) is 4.79 Å². The molecule has 132 valence electrons. The highest BCUT2D eigenvalue weighted by Crippen LogP contribution is 2.24. The monoisotopic (exact) mass is 361 g/mol. The third-order valence-corrected chi connectivity index (χ3v) is 4.31. The van der Waals surface area contributed by atoms with E-state index in [-0.39, 0.29) is 0 Å². The van der Waals surface area contributed by atoms with Gasteiger partial charge < -0.3 is 19.5 Å². The minimum atomic E-state index is -1.43. The largest absolute Gasteiger partial charge is 0.476 e. The zero-order valence-corrected chi connectivity index (χ0v) is 14.5. The molecule has 0 saturated carbocycles. The summed E-state index contributed by atoms with van der Waals surface area (Å²) in [5.41, 5.74) is 1.12. The predicted molar refractivity (Wildman–Crippen MR) is 96.6 cm³/mol. The molecule has 3 rings (SSSR count). The molecule has 1 heterocycles. The Hall–Kier alpha value is -2.40. The SMILES string of the molecule is O=C(O)C(Oc1ccc(Cl)cc1)Oc1ccc(N2CCCCC2)cc1. The average Bonchev–Trinajstić information content (AvgIpc) is 2.64. The van der Waals surface area contributed by atoms with Crippen molar-refractivity contribution in [1.82, 2.24) is 0 Å². The number of aliphatic carboxylic acids is 1. The van der Waals surface area contributed by atoms with E-state index in [1.807, 2.05) is 12.1 Å². The number of halogens is 1. The number of hydrogen-bond donors (Lipinski definition) is 1. The fraction of sp³-hybridized carbons (Fsp3) is 0.316. The lowest BCUT2D eigenvalue weighted by Crippen LogP contribution is -2.33. The lowest BCUT2D eigenvalue weighted by atomic mass is 10.1. The summed E-state index contributed by atoms with van der Waals surface area (Å²) >= 11 is 5.81. The van der Waals surface area contributed by atoms with Crippen molar-refractivity contribution in [3.05, 3.63) is 53.6 Å². The number of ether oxygens (including phenoxy) is 2. The molecule has 0 aliphatic carbocycles. The standard InChI is InChI=1S/C19H20ClNO4/c20-14-4-8-16(9-5-14)24-19(18(22)23)25-17-10-6-15(7-11-17)21-12-2-1-3-13-21/h4-11,19H,1-3,12-13H2,(H,22,23). The summed E-state index contributed by atoms with van der Waals surface area (Å²) in [4.78, 5) is 13.7. The molecule has 2 aromatic carbocycles. The molecule has 0 bridgehead atoms. The molecular formula is C19H20ClNO4. The van der Waals surface area contributed by atoms with Crippen molar-refractivity contribution in [1.29, 1.82) is 0 Å². The van der Waals surface area contributed by atoms with Gasteiger partial charge in [0.2, 0.25) is 0 Å². The van der Waals surface area contributed by atoms with Crippen LogP contribution in [0.3, 0.4) is 0 Å². The van der Waals surface area contributed by atoms with E-state index in [1.54, 1.807) is 36.4 Å². The van der Waals surface area contributed by atoms with E-state index in [0.29, 0.717) is 16.5 Å². The van der Waals surface area contributed by atoms with Crippen LogP contribution in [0.25, 0.3) is 0 Å². The van der Waals surface area contributed by atoms with Gasteiger partial charge in [-0.1, -0.05) is 11.6 Å². The first kappa shape index (κ1) is 17.4. The lowest BCUT2D eigenvalue weighted by Gasteiger charge is -2.29. The number of piperidine rings is 1. The maximum absolute atomic E-state index is 11.4. The molecule has 1 atom stereocenters. The van der Waals surface area contributed by atoms with Crippen LogP contribution in [0.5, 0.6) is 11.5 Å². The number of nitrogens with zero attached hydrogens (tertiary/aromatic N) is 1. The van der Waals surface area contributed by atoms with Gasteiger partial charge in [0, 0.05) is 23.8 Å². The molecular weight excluding hydrogens is 342 g/mol. The summed E-state index contributed by atoms with van der Waals surface area (Å²) in [6.07, 6.45) is 2.25. The molecule has 6 heteroatoms. The lowest BCUT2D eigenvalue weighted by molar-refractivity contribution is -0.158. The number of hydrogen-bond acceptors (Lipinski definition) is 4. The van der Waals surface area contributed by atoms with E-state index < -0.39 is 12.3 Å². The molecule has 0 radical (unpaired) electrons. The van der Waals surface area contributed by atoms with Gasteiger partial charge in [-0.05, 0) is 67.8 Å². The molecule has 1 aliphatic heterocycles. The van der Waals surface area contributed by atoms with E-state index in [1.165, 1.54) is 19.3 Å². The molecule has 0 amide bonds. The number of carbonyl (C=O) groups is 1. The summed E-state index contributed by atoms with van der Waals surface area (Å²) in [7, 11) is 0. The van der Waals surface area contributed by atoms with E-state index in [9.17, 15) is 9.90 Å². The second-order valence-corrected chi connectivity index (χ2v) is 6.34. The smallest absolute Gasteiger partial charge is 0.387 e. The Balaban J connectivity index is 1.65. The zero-order valence-electron chi connectivity index (χ0n) is 13.7. The summed E-state index contributed by atoms with van der Waals surface area (Å²) in [6.45, 7) is 2.11. The molecule has 0 aromatic heterocycles. The third-order valence-electron chi connectivity index (χ3n) is 4.06. The summed E-state index contributed by atoms with van der Waals surface area (Å²) in [5, 5.41) is 9.87. The quantitative estimate of drug-likeness (QED) is 0.781. The van der Waals surface area contributed by atoms with Crippen molar-refractivity contribution in [2.45, 2.75) is 25.6 Å². The van der Waals surface area contributed by atoms with Crippen molar-refractivity contribution < 1.29 is 19.4 Å². The predicted octanol–water partition coefficient (Wildman–Crippen LogP) is 4.20. The highest BCUT2D eigenvalue weighted by molar-refractivity contribution is 6.30. The number of benzene rings is 2. The average molecular weight is 362 g/mol. The fourth-order valence-corrected chi connectivity index (χ4v) is 2.90. The van der Waals surface area contributed by atoms with Crippen LogP contribution in [0.2, 0.25) is 5.02 Å². The molecule has 2 aromatic rings. The van der Waals surface area contributed by atoms with Crippen LogP contribution in [-0.2, 0) is 4.79 Å². The third kappa shape index (κ3) is 4.79. The molecule has 1 saturated heterocycles. The van der Waals surface area contributed by atoms with Gasteiger partial charge in [0.15, 0.2) is 0 Å². The Labute approximate surface area is 151 Å². The maximum Gasteiger partial charge on any atom is 0.387 e. The number of carboxylic acids is 1. The topological polar surface area (TPSA) is 59.0 Å². The van der Waals surface area contributed by atoms with Crippen LogP contribution >= 0.6 is 11.6 Å². The number of carboxylic acid groups (broad SMARTS) is 1. The van der Waals surface area contributed by atoms with Crippen LogP contribution in [0.4, 0.5) is 5.69 Å². The first-order chi connectivity index (χ1) is 12.1. The van der Waals surface area contributed by atoms with E-state index in [4.69, 9.17) is 21.1 Å². The van der Waals surface area contributed by atoms with Gasteiger partial charge in [-0.3, -0.25) is 0 Å². The van der Waals surface area contributed by atoms with Gasteiger partial charge in [0.25, 0.3) is 0 Å². The maximum atomic E-state index is 11.4. The van der Waals surface area contributed by atoms with Crippen LogP contribution in [-0.4, -0.2) is 30.5 Å². The molecule has 25 heavy (non-hydrogen) atoms. The van der Waals surface area contributed by atoms with Gasteiger partial charge in [-0.15, -0.1) is 0 Å². The van der Waals surface area contributed by atoms with Crippen LogP contribution in [0.1, 0.15) is 19.3 Å². The van der Waals surface area contributed by atoms with Crippen molar-refractivity contribution in [2.75, 3.05) is 18.0 Å². The second-order valence-electron chi connectivity index (χ2n) is 5.90. The van der Waals surface area contributed by atoms with E-state index >= 15 is 0 Å². The zero-order chi connectivity index (χ0) is 17.6. The van der Waals surface area contributed by atoms with Crippen molar-refractivity contribution in [2.24, 2.45) is 0 Å². The molecule has 0 spiro atoms. The molecule has 1 unspecified atom stereocenters. The molecule has 1 fully saturated rings. The Morgan fingerprint density at radius 2 is 1.44 bits per heavy atom. The Morgan fingerprint density at radius 3 is 1.96 bits per heavy atom. The normalized spacial score (nSPS) is 15.5. The summed E-state index contributed by atoms with van der Waals surface area (Å²) in [5.74, 6) is -0.376. The second kappa shape index (κ2) is 8.12. The van der Waals surface area contributed by atoms with Crippen LogP contribution in [0, 0.1) is 0 Å². The van der Waals surface area contributed by atoms with Crippen molar-refractivity contribution in [3.8, 4) is 11.5 Å². The number of anilines is 1. The van der Waals surface area contributed by atoms with Crippen molar-refractivity contribution >= 4 is 23.3 Å². The molecule has 5 nitrogen and oxygen atoms in total. The highest BCUT2D eigenvalue weighted by Gasteiger charge is 2.22. The Bertz CT molecular complexity index is 696. The summed E-state index contributed by atoms with van der Waals surface area (Å²) in [6, 6.07) is 13.9. The Kier molecular flexibility index (Phi) is 5.66. The Morgan fingerprint density at radius 1 is 0.920 bits per heavy atom. The molecule has 1 aliphatic rings. The van der Waals surface area contributed by atoms with E-state index in [2.05, 4.69) is 4.90 Å². The van der Waals surface area contributed by atoms with Crippen molar-refractivity contribution in [3.63, 3.8) is 0 Å². The van der Waals surface area contributed by atoms with Gasteiger partial charge in [0.1, 0.15) is 11.5 Å². The highest BCUT2D eigenvalue weighted by atomic mass is 35.5. The summed E-state index contributed by atoms with van der Waals surface area (Å²) < 4.78 is 10.9. The fourth-order valence-electron chi connectivity index (χ4n) is 2.77. The van der Waals surface area contributed by atoms with Gasteiger partial charge >= 0.3 is 12.3 Å². The molecule has 1 N–H and O–H groups in total. The van der Waals surface area contributed by atoms with Gasteiger partial charge in [-0.2, -0.15) is 0 Å². The minimum Gasteiger partial charge on any atom is -0.476 e. The minimum absolute atomic E-state index is 0.377. The first-order valence-corrected chi connectivity index (χ1v) is 8.66. The van der Waals surface area contributed by atoms with E-state index in [0.717, 1.165) is 18.8 Å². The van der Waals surface area contributed by atoms with Crippen LogP contribution < -0.4 is 14.4 Å². The van der Waals surface area contributed by atoms with Crippen LogP contribution in [0.15, 0.2) is 48.5 Å².